The van der Waals surface area contributed by atoms with E-state index in [2.05, 4.69) is 205 Å². The topological polar surface area (TPSA) is 16.4 Å². The van der Waals surface area contributed by atoms with Crippen LogP contribution in [0.15, 0.2) is 192 Å². The van der Waals surface area contributed by atoms with Gasteiger partial charge >= 0.3 is 0 Å². The van der Waals surface area contributed by atoms with E-state index in [1.807, 2.05) is 11.3 Å². The smallest absolute Gasteiger partial charge is 0.135 e. The second-order valence-electron chi connectivity index (χ2n) is 15.1. The van der Waals surface area contributed by atoms with Crippen LogP contribution in [0.1, 0.15) is 11.3 Å². The summed E-state index contributed by atoms with van der Waals surface area (Å²) in [6, 6.07) is 68.6. The molecule has 272 valence electrons. The van der Waals surface area contributed by atoms with Gasteiger partial charge in [-0.15, -0.1) is 11.3 Å². The van der Waals surface area contributed by atoms with E-state index >= 15 is 0 Å². The maximum absolute atomic E-state index is 6.66. The van der Waals surface area contributed by atoms with Crippen LogP contribution in [0.3, 0.4) is 0 Å². The van der Waals surface area contributed by atoms with Crippen LogP contribution in [0.25, 0.3) is 87.1 Å². The van der Waals surface area contributed by atoms with Gasteiger partial charge in [0.25, 0.3) is 0 Å². The highest BCUT2D eigenvalue weighted by Crippen LogP contribution is 2.49. The molecule has 58 heavy (non-hydrogen) atoms. The molecule has 2 nitrogen and oxygen atoms in total. The first-order valence-corrected chi connectivity index (χ1v) is 20.7. The number of rotatable bonds is 5. The highest BCUT2D eigenvalue weighted by molar-refractivity contribution is 7.26. The number of nitrogens with zero attached hydrogens (tertiary/aromatic N) is 1. The summed E-state index contributed by atoms with van der Waals surface area (Å²) < 4.78 is 9.21. The molecule has 0 saturated carbocycles. The standard InChI is InChI=1S/C55H35NOS/c1-2-14-37-33-48-51(32-29-35(37)13-1)57-52-25-12-21-45(54(48)52)43-19-7-9-23-49(43)56(50-24-11-22-46-44-20-8-10-26-53(44)58-55(46)50)39-30-27-36(28-31-39)47-34-38-15-3-4-16-40(38)41-17-5-6-18-42(41)47/h1-31,33-34H,32H2. The summed E-state index contributed by atoms with van der Waals surface area (Å²) in [5.41, 5.74) is 10.2. The fraction of sp³-hybridized carbons (Fsp3) is 0.0182. The largest absolute Gasteiger partial charge is 0.460 e. The Hall–Kier alpha value is -7.20. The fourth-order valence-corrected chi connectivity index (χ4v) is 10.4. The van der Waals surface area contributed by atoms with E-state index in [9.17, 15) is 0 Å². The monoisotopic (exact) mass is 757 g/mol. The third-order valence-corrected chi connectivity index (χ3v) is 13.1. The van der Waals surface area contributed by atoms with Crippen molar-refractivity contribution in [3.63, 3.8) is 0 Å². The lowest BCUT2D eigenvalue weighted by Gasteiger charge is -2.29. The number of hydrogen-bond donors (Lipinski definition) is 0. The lowest BCUT2D eigenvalue weighted by molar-refractivity contribution is 0.568. The third kappa shape index (κ3) is 5.17. The van der Waals surface area contributed by atoms with Crippen LogP contribution >= 0.6 is 11.3 Å². The number of hydrogen-bond acceptors (Lipinski definition) is 3. The molecule has 1 aliphatic rings. The van der Waals surface area contributed by atoms with Crippen molar-refractivity contribution >= 4 is 93.2 Å². The summed E-state index contributed by atoms with van der Waals surface area (Å²) in [4.78, 5) is 2.47. The van der Waals surface area contributed by atoms with Gasteiger partial charge in [0, 0.05) is 44.1 Å². The molecule has 2 aromatic heterocycles. The molecule has 11 aromatic rings. The maximum atomic E-state index is 6.66. The minimum atomic E-state index is 0.748. The average Bonchev–Trinajstić information content (AvgIpc) is 3.79. The Morgan fingerprint density at radius 1 is 0.483 bits per heavy atom. The van der Waals surface area contributed by atoms with Crippen molar-refractivity contribution in [3.8, 4) is 22.3 Å². The van der Waals surface area contributed by atoms with Crippen LogP contribution in [0.4, 0.5) is 17.1 Å². The van der Waals surface area contributed by atoms with Gasteiger partial charge in [0.1, 0.15) is 11.3 Å². The molecular weight excluding hydrogens is 723 g/mol. The van der Waals surface area contributed by atoms with Crippen LogP contribution < -0.4 is 15.3 Å². The van der Waals surface area contributed by atoms with Gasteiger partial charge in [0.05, 0.1) is 16.1 Å². The minimum absolute atomic E-state index is 0.748. The molecule has 0 amide bonds. The Labute approximate surface area is 339 Å². The Kier molecular flexibility index (Phi) is 7.51. The van der Waals surface area contributed by atoms with E-state index in [0.29, 0.717) is 0 Å². The maximum Gasteiger partial charge on any atom is 0.135 e. The van der Waals surface area contributed by atoms with Gasteiger partial charge in [-0.3, -0.25) is 0 Å². The second-order valence-corrected chi connectivity index (χ2v) is 16.2. The van der Waals surface area contributed by atoms with E-state index in [0.717, 1.165) is 56.9 Å². The van der Waals surface area contributed by atoms with Crippen LogP contribution in [-0.4, -0.2) is 0 Å². The summed E-state index contributed by atoms with van der Waals surface area (Å²) in [5, 5.41) is 11.2. The van der Waals surface area contributed by atoms with Crippen molar-refractivity contribution in [2.45, 2.75) is 6.42 Å². The predicted molar refractivity (Wildman–Crippen MR) is 247 cm³/mol. The first-order chi connectivity index (χ1) is 28.8. The summed E-state index contributed by atoms with van der Waals surface area (Å²) >= 11 is 1.86. The molecule has 0 saturated heterocycles. The summed E-state index contributed by atoms with van der Waals surface area (Å²) in [6.45, 7) is 0. The van der Waals surface area contributed by atoms with E-state index in [4.69, 9.17) is 4.42 Å². The molecule has 0 radical (unpaired) electrons. The Morgan fingerprint density at radius 3 is 2.05 bits per heavy atom. The molecule has 12 rings (SSSR count). The zero-order valence-corrected chi connectivity index (χ0v) is 32.3. The van der Waals surface area contributed by atoms with Crippen LogP contribution in [-0.2, 0) is 6.42 Å². The summed E-state index contributed by atoms with van der Waals surface area (Å²) in [5.74, 6) is 1.000. The molecule has 0 spiro atoms. The molecule has 0 atom stereocenters. The Balaban J connectivity index is 1.09. The van der Waals surface area contributed by atoms with Crippen molar-refractivity contribution in [2.75, 3.05) is 4.90 Å². The number of anilines is 3. The SMILES string of the molecule is C1=c2ccccc2=Cc2c(oc3cccc(-c4ccccc4N(c4ccc(-c5cc6ccccc6c6ccccc56)cc4)c4cccc5c4sc4ccccc45)c23)C1. The summed E-state index contributed by atoms with van der Waals surface area (Å²) in [7, 11) is 0. The van der Waals surface area contributed by atoms with Crippen molar-refractivity contribution in [1.29, 1.82) is 0 Å². The fourth-order valence-electron chi connectivity index (χ4n) is 9.23. The second kappa shape index (κ2) is 13.2. The Morgan fingerprint density at radius 2 is 1.16 bits per heavy atom. The number of thiophene rings is 1. The van der Waals surface area contributed by atoms with E-state index in [1.165, 1.54) is 63.3 Å². The molecular formula is C55H35NOS. The highest BCUT2D eigenvalue weighted by Gasteiger charge is 2.24. The predicted octanol–water partition coefficient (Wildman–Crippen LogP) is 14.1. The van der Waals surface area contributed by atoms with E-state index < -0.39 is 0 Å². The van der Waals surface area contributed by atoms with Gasteiger partial charge in [0.15, 0.2) is 0 Å². The van der Waals surface area contributed by atoms with Gasteiger partial charge < -0.3 is 9.32 Å². The van der Waals surface area contributed by atoms with Gasteiger partial charge in [-0.25, -0.2) is 0 Å². The molecule has 0 bridgehead atoms. The van der Waals surface area contributed by atoms with E-state index in [1.54, 1.807) is 0 Å². The van der Waals surface area contributed by atoms with Gasteiger partial charge in [-0.1, -0.05) is 152 Å². The Bertz CT molecular complexity index is 3550. The van der Waals surface area contributed by atoms with Crippen molar-refractivity contribution in [3.05, 3.63) is 210 Å². The number of para-hydroxylation sites is 1. The molecule has 0 aliphatic heterocycles. The minimum Gasteiger partial charge on any atom is -0.460 e. The van der Waals surface area contributed by atoms with Crippen LogP contribution in [0.5, 0.6) is 0 Å². The first-order valence-electron chi connectivity index (χ1n) is 19.9. The highest BCUT2D eigenvalue weighted by atomic mass is 32.1. The van der Waals surface area contributed by atoms with Crippen LogP contribution in [0, 0.1) is 0 Å². The molecule has 0 unspecified atom stereocenters. The molecule has 1 aliphatic carbocycles. The van der Waals surface area contributed by atoms with Gasteiger partial charge in [-0.05, 0) is 97.2 Å². The first kappa shape index (κ1) is 33.0. The number of furan rings is 1. The lowest BCUT2D eigenvalue weighted by Crippen LogP contribution is -2.22. The van der Waals surface area contributed by atoms with E-state index in [-0.39, 0.29) is 0 Å². The molecule has 0 N–H and O–H groups in total. The third-order valence-electron chi connectivity index (χ3n) is 11.9. The normalized spacial score (nSPS) is 12.3. The van der Waals surface area contributed by atoms with Gasteiger partial charge in [-0.2, -0.15) is 0 Å². The summed E-state index contributed by atoms with van der Waals surface area (Å²) in [6.07, 6.45) is 5.35. The van der Waals surface area contributed by atoms with Crippen molar-refractivity contribution < 1.29 is 4.42 Å². The number of benzene rings is 9. The number of fused-ring (bicyclic) bond motifs is 10. The molecule has 0 fully saturated rings. The zero-order valence-electron chi connectivity index (χ0n) is 31.5. The molecule has 3 heteroatoms. The quantitative estimate of drug-likeness (QED) is 0.163. The zero-order chi connectivity index (χ0) is 38.2. The molecule has 9 aromatic carbocycles. The van der Waals surface area contributed by atoms with Crippen molar-refractivity contribution in [1.82, 2.24) is 0 Å². The lowest BCUT2D eigenvalue weighted by atomic mass is 9.93. The average molecular weight is 758 g/mol. The van der Waals surface area contributed by atoms with Gasteiger partial charge in [0.2, 0.25) is 0 Å². The van der Waals surface area contributed by atoms with Crippen LogP contribution in [0.2, 0.25) is 0 Å². The van der Waals surface area contributed by atoms with Crippen molar-refractivity contribution in [2.24, 2.45) is 0 Å². The molecule has 2 heterocycles.